The molecule has 11 heavy (non-hydrogen) atoms. The summed E-state index contributed by atoms with van der Waals surface area (Å²) in [6.45, 7) is 1.34. The number of aliphatic hydroxyl groups excluding tert-OH is 2. The minimum Gasteiger partial charge on any atom is -0.394 e. The first-order valence-corrected chi connectivity index (χ1v) is 3.57. The Morgan fingerprint density at radius 1 is 1.64 bits per heavy atom. The van der Waals surface area contributed by atoms with Crippen molar-refractivity contribution in [3.05, 3.63) is 20.8 Å². The molecule has 5 nitrogen and oxygen atoms in total. The van der Waals surface area contributed by atoms with E-state index in [4.69, 9.17) is 10.2 Å². The summed E-state index contributed by atoms with van der Waals surface area (Å²) >= 11 is 2.70. The molecule has 0 aliphatic heterocycles. The van der Waals surface area contributed by atoms with E-state index in [1.54, 1.807) is 6.92 Å². The second-order valence-corrected chi connectivity index (χ2v) is 2.13. The molecule has 0 atom stereocenters. The highest BCUT2D eigenvalue weighted by Gasteiger charge is 1.98. The third-order valence-electron chi connectivity index (χ3n) is 0.513. The predicted octanol–water partition coefficient (Wildman–Crippen LogP) is 0.490. The van der Waals surface area contributed by atoms with Crippen LogP contribution in [0.3, 0.4) is 0 Å². The summed E-state index contributed by atoms with van der Waals surface area (Å²) in [5, 5.41) is 24.9. The number of nitrogens with zero attached hydrogens (tertiary/aromatic N) is 1. The molecule has 0 aromatic heterocycles. The minimum atomic E-state index is -0.500. The lowest BCUT2D eigenvalue weighted by atomic mass is 10.7. The van der Waals surface area contributed by atoms with Crippen LogP contribution in [0.5, 0.6) is 0 Å². The van der Waals surface area contributed by atoms with Crippen LogP contribution >= 0.6 is 15.9 Å². The van der Waals surface area contributed by atoms with Crippen molar-refractivity contribution in [1.29, 1.82) is 0 Å². The van der Waals surface area contributed by atoms with Gasteiger partial charge in [-0.05, 0) is 13.0 Å². The standard InChI is InChI=1S/C3H4BrNO2.C2H6O2/c1-2-3(4)5(6)7;3-1-2-4/h2H,1H3;3-4H,1-2H2/b3-2-;. The van der Waals surface area contributed by atoms with Gasteiger partial charge in [-0.25, -0.2) is 0 Å². The molecule has 0 unspecified atom stereocenters. The zero-order valence-corrected chi connectivity index (χ0v) is 7.61. The molecule has 0 radical (unpaired) electrons. The van der Waals surface area contributed by atoms with Gasteiger partial charge in [0.05, 0.1) is 18.1 Å². The molecule has 0 saturated carbocycles. The Labute approximate surface area is 72.6 Å². The van der Waals surface area contributed by atoms with Gasteiger partial charge in [-0.3, -0.25) is 10.1 Å². The van der Waals surface area contributed by atoms with Crippen LogP contribution in [0.2, 0.25) is 0 Å². The van der Waals surface area contributed by atoms with Gasteiger partial charge in [0, 0.05) is 15.9 Å². The number of allylic oxidation sites excluding steroid dienone is 1. The zero-order valence-electron chi connectivity index (χ0n) is 6.03. The summed E-state index contributed by atoms with van der Waals surface area (Å²) in [7, 11) is 0. The third kappa shape index (κ3) is 12.7. The van der Waals surface area contributed by atoms with Gasteiger partial charge in [-0.15, -0.1) is 0 Å². The van der Waals surface area contributed by atoms with E-state index in [2.05, 4.69) is 15.9 Å². The van der Waals surface area contributed by atoms with Crippen molar-refractivity contribution in [3.8, 4) is 0 Å². The minimum absolute atomic E-state index is 0.00694. The fourth-order valence-electron chi connectivity index (χ4n) is 0.105. The molecule has 0 heterocycles. The van der Waals surface area contributed by atoms with Crippen molar-refractivity contribution >= 4 is 15.9 Å². The molecule has 0 rings (SSSR count). The second-order valence-electron chi connectivity index (χ2n) is 1.32. The van der Waals surface area contributed by atoms with E-state index >= 15 is 0 Å². The quantitative estimate of drug-likeness (QED) is 0.409. The zero-order chi connectivity index (χ0) is 9.28. The summed E-state index contributed by atoms with van der Waals surface area (Å²) in [6.07, 6.45) is 1.38. The van der Waals surface area contributed by atoms with Gasteiger partial charge in [0.15, 0.2) is 0 Å². The Morgan fingerprint density at radius 3 is 2.00 bits per heavy atom. The Balaban J connectivity index is 0. The van der Waals surface area contributed by atoms with E-state index in [-0.39, 0.29) is 17.8 Å². The van der Waals surface area contributed by atoms with Crippen molar-refractivity contribution in [2.45, 2.75) is 6.92 Å². The van der Waals surface area contributed by atoms with Crippen LogP contribution < -0.4 is 0 Å². The lowest BCUT2D eigenvalue weighted by molar-refractivity contribution is -0.409. The van der Waals surface area contributed by atoms with Crippen LogP contribution in [0.25, 0.3) is 0 Å². The molecule has 0 spiro atoms. The molecule has 0 bridgehead atoms. The summed E-state index contributed by atoms with van der Waals surface area (Å²) < 4.78 is 0.00694. The van der Waals surface area contributed by atoms with Gasteiger partial charge < -0.3 is 10.2 Å². The highest BCUT2D eigenvalue weighted by atomic mass is 79.9. The number of aliphatic hydroxyl groups is 2. The fourth-order valence-corrected chi connectivity index (χ4v) is 0.105. The molecular weight excluding hydrogens is 218 g/mol. The van der Waals surface area contributed by atoms with Crippen molar-refractivity contribution in [3.63, 3.8) is 0 Å². The highest BCUT2D eigenvalue weighted by Crippen LogP contribution is 2.02. The highest BCUT2D eigenvalue weighted by molar-refractivity contribution is 9.11. The van der Waals surface area contributed by atoms with Gasteiger partial charge in [0.2, 0.25) is 0 Å². The maximum Gasteiger partial charge on any atom is 0.306 e. The van der Waals surface area contributed by atoms with Crippen molar-refractivity contribution in [2.24, 2.45) is 0 Å². The van der Waals surface area contributed by atoms with Crippen molar-refractivity contribution < 1.29 is 15.1 Å². The maximum atomic E-state index is 9.62. The Morgan fingerprint density at radius 2 is 2.00 bits per heavy atom. The van der Waals surface area contributed by atoms with Crippen LogP contribution in [-0.2, 0) is 0 Å². The number of nitro groups is 1. The Kier molecular flexibility index (Phi) is 11.4. The Hall–Kier alpha value is -0.460. The lowest BCUT2D eigenvalue weighted by Gasteiger charge is -1.79. The smallest absolute Gasteiger partial charge is 0.306 e. The largest absolute Gasteiger partial charge is 0.394 e. The van der Waals surface area contributed by atoms with Crippen molar-refractivity contribution in [2.75, 3.05) is 13.2 Å². The van der Waals surface area contributed by atoms with Gasteiger partial charge in [0.25, 0.3) is 0 Å². The van der Waals surface area contributed by atoms with E-state index in [1.807, 2.05) is 0 Å². The topological polar surface area (TPSA) is 83.6 Å². The van der Waals surface area contributed by atoms with Crippen LogP contribution in [0.4, 0.5) is 0 Å². The molecular formula is C5H10BrNO4. The van der Waals surface area contributed by atoms with E-state index in [0.29, 0.717) is 0 Å². The molecule has 0 amide bonds. The monoisotopic (exact) mass is 227 g/mol. The summed E-state index contributed by atoms with van der Waals surface area (Å²) in [5.41, 5.74) is 0. The van der Waals surface area contributed by atoms with E-state index in [9.17, 15) is 10.1 Å². The molecule has 0 aromatic rings. The van der Waals surface area contributed by atoms with Gasteiger partial charge >= 0.3 is 4.61 Å². The predicted molar refractivity (Wildman–Crippen MR) is 43.9 cm³/mol. The molecule has 66 valence electrons. The number of hydrogen-bond acceptors (Lipinski definition) is 4. The molecule has 0 fully saturated rings. The number of rotatable bonds is 2. The summed E-state index contributed by atoms with van der Waals surface area (Å²) in [4.78, 5) is 9.12. The number of halogens is 1. The van der Waals surface area contributed by atoms with Crippen LogP contribution in [0.1, 0.15) is 6.92 Å². The second kappa shape index (κ2) is 9.54. The molecule has 0 aliphatic rings. The average Bonchev–Trinajstić information content (AvgIpc) is 2.03. The lowest BCUT2D eigenvalue weighted by Crippen LogP contribution is -1.87. The summed E-state index contributed by atoms with van der Waals surface area (Å²) in [5.74, 6) is 0. The summed E-state index contributed by atoms with van der Waals surface area (Å²) in [6, 6.07) is 0. The normalized spacial score (nSPS) is 10.0. The van der Waals surface area contributed by atoms with E-state index in [1.165, 1.54) is 6.08 Å². The Bertz CT molecular complexity index is 134. The SMILES string of the molecule is C/C=C(/Br)[N+](=O)[O-].OCCO. The maximum absolute atomic E-state index is 9.62. The first-order chi connectivity index (χ1) is 5.09. The molecule has 2 N–H and O–H groups in total. The first kappa shape index (κ1) is 13.2. The molecule has 0 saturated heterocycles. The van der Waals surface area contributed by atoms with Crippen LogP contribution in [-0.4, -0.2) is 28.4 Å². The first-order valence-electron chi connectivity index (χ1n) is 2.78. The fraction of sp³-hybridized carbons (Fsp3) is 0.600. The van der Waals surface area contributed by atoms with Gasteiger partial charge in [-0.1, -0.05) is 0 Å². The van der Waals surface area contributed by atoms with Gasteiger partial charge in [0.1, 0.15) is 0 Å². The van der Waals surface area contributed by atoms with Gasteiger partial charge in [-0.2, -0.15) is 0 Å². The van der Waals surface area contributed by atoms with Crippen LogP contribution in [0.15, 0.2) is 10.7 Å². The third-order valence-corrected chi connectivity index (χ3v) is 1.26. The van der Waals surface area contributed by atoms with E-state index in [0.717, 1.165) is 0 Å². The molecule has 0 aliphatic carbocycles. The molecule has 0 aromatic carbocycles. The van der Waals surface area contributed by atoms with Crippen molar-refractivity contribution in [1.82, 2.24) is 0 Å². The average molecular weight is 228 g/mol. The molecule has 6 heteroatoms. The van der Waals surface area contributed by atoms with Crippen LogP contribution in [0, 0.1) is 10.1 Å². The van der Waals surface area contributed by atoms with E-state index < -0.39 is 4.92 Å². The number of hydrogen-bond donors (Lipinski definition) is 2.